The molecule has 0 saturated heterocycles. The Morgan fingerprint density at radius 3 is 2.65 bits per heavy atom. The van der Waals surface area contributed by atoms with Gasteiger partial charge < -0.3 is 10.0 Å². The van der Waals surface area contributed by atoms with Crippen LogP contribution in [0.5, 0.6) is 0 Å². The highest BCUT2D eigenvalue weighted by Gasteiger charge is 2.11. The highest BCUT2D eigenvalue weighted by molar-refractivity contribution is 5.94. The van der Waals surface area contributed by atoms with Crippen LogP contribution in [0, 0.1) is 11.8 Å². The van der Waals surface area contributed by atoms with Crippen LogP contribution in [0.1, 0.15) is 29.8 Å². The molecule has 1 rings (SSSR count). The van der Waals surface area contributed by atoms with Crippen molar-refractivity contribution in [3.8, 4) is 11.8 Å². The zero-order valence-electron chi connectivity index (χ0n) is 10.2. The van der Waals surface area contributed by atoms with Crippen molar-refractivity contribution in [1.29, 1.82) is 0 Å². The molecule has 0 radical (unpaired) electrons. The van der Waals surface area contributed by atoms with Gasteiger partial charge in [-0.1, -0.05) is 17.9 Å². The molecular weight excluding hydrogens is 214 g/mol. The fourth-order valence-electron chi connectivity index (χ4n) is 1.56. The van der Waals surface area contributed by atoms with Gasteiger partial charge in [-0.3, -0.25) is 4.79 Å². The van der Waals surface area contributed by atoms with E-state index in [4.69, 9.17) is 5.11 Å². The molecule has 1 amide bonds. The third-order valence-corrected chi connectivity index (χ3v) is 2.47. The first-order valence-electron chi connectivity index (χ1n) is 5.72. The summed E-state index contributed by atoms with van der Waals surface area (Å²) >= 11 is 0. The van der Waals surface area contributed by atoms with Gasteiger partial charge in [0.2, 0.25) is 0 Å². The van der Waals surface area contributed by atoms with Crippen LogP contribution in [-0.4, -0.2) is 35.6 Å². The number of carbonyl (C=O) groups excluding carboxylic acids is 1. The SMILES string of the molecule is CCN(CC)C(=O)c1cccc(C#CCO)c1. The maximum atomic E-state index is 12.1. The van der Waals surface area contributed by atoms with Crippen molar-refractivity contribution in [2.24, 2.45) is 0 Å². The Morgan fingerprint density at radius 1 is 1.35 bits per heavy atom. The van der Waals surface area contributed by atoms with E-state index >= 15 is 0 Å². The average molecular weight is 231 g/mol. The Balaban J connectivity index is 2.95. The Bertz CT molecular complexity index is 439. The van der Waals surface area contributed by atoms with Crippen molar-refractivity contribution in [2.75, 3.05) is 19.7 Å². The van der Waals surface area contributed by atoms with Crippen LogP contribution in [0.25, 0.3) is 0 Å². The third kappa shape index (κ3) is 3.61. The van der Waals surface area contributed by atoms with Gasteiger partial charge in [0.05, 0.1) is 0 Å². The van der Waals surface area contributed by atoms with Crippen LogP contribution >= 0.6 is 0 Å². The molecule has 90 valence electrons. The number of aliphatic hydroxyl groups is 1. The number of rotatable bonds is 3. The van der Waals surface area contributed by atoms with Gasteiger partial charge in [0.1, 0.15) is 6.61 Å². The molecule has 0 heterocycles. The zero-order chi connectivity index (χ0) is 12.7. The van der Waals surface area contributed by atoms with Crippen molar-refractivity contribution < 1.29 is 9.90 Å². The molecule has 1 N–H and O–H groups in total. The summed E-state index contributed by atoms with van der Waals surface area (Å²) in [5.74, 6) is 5.38. The first kappa shape index (κ1) is 13.3. The number of hydrogen-bond acceptors (Lipinski definition) is 2. The first-order valence-corrected chi connectivity index (χ1v) is 5.72. The Morgan fingerprint density at radius 2 is 2.06 bits per heavy atom. The quantitative estimate of drug-likeness (QED) is 0.801. The number of carbonyl (C=O) groups is 1. The molecule has 1 aromatic carbocycles. The van der Waals surface area contributed by atoms with Gasteiger partial charge in [0, 0.05) is 24.2 Å². The van der Waals surface area contributed by atoms with E-state index in [2.05, 4.69) is 11.8 Å². The third-order valence-electron chi connectivity index (χ3n) is 2.47. The summed E-state index contributed by atoms with van der Waals surface area (Å²) in [5, 5.41) is 8.62. The molecule has 0 bridgehead atoms. The van der Waals surface area contributed by atoms with Crippen molar-refractivity contribution in [1.82, 2.24) is 4.90 Å². The minimum absolute atomic E-state index is 0.0163. The van der Waals surface area contributed by atoms with Gasteiger partial charge in [0.15, 0.2) is 0 Å². The Labute approximate surface area is 102 Å². The fourth-order valence-corrected chi connectivity index (χ4v) is 1.56. The molecule has 0 aliphatic heterocycles. The molecule has 0 atom stereocenters. The lowest BCUT2D eigenvalue weighted by molar-refractivity contribution is 0.0773. The fraction of sp³-hybridized carbons (Fsp3) is 0.357. The molecule has 0 aliphatic carbocycles. The second kappa shape index (κ2) is 6.72. The van der Waals surface area contributed by atoms with E-state index in [-0.39, 0.29) is 12.5 Å². The number of nitrogens with zero attached hydrogens (tertiary/aromatic N) is 1. The Hall–Kier alpha value is -1.79. The summed E-state index contributed by atoms with van der Waals surface area (Å²) in [6.45, 7) is 5.13. The molecule has 0 unspecified atom stereocenters. The highest BCUT2D eigenvalue weighted by atomic mass is 16.2. The van der Waals surface area contributed by atoms with Crippen LogP contribution in [0.15, 0.2) is 24.3 Å². The topological polar surface area (TPSA) is 40.5 Å². The van der Waals surface area contributed by atoms with Crippen LogP contribution < -0.4 is 0 Å². The lowest BCUT2D eigenvalue weighted by Crippen LogP contribution is -2.30. The lowest BCUT2D eigenvalue weighted by Gasteiger charge is -2.18. The maximum Gasteiger partial charge on any atom is 0.253 e. The summed E-state index contributed by atoms with van der Waals surface area (Å²) < 4.78 is 0. The predicted octanol–water partition coefficient (Wildman–Crippen LogP) is 1.51. The lowest BCUT2D eigenvalue weighted by atomic mass is 10.1. The van der Waals surface area contributed by atoms with Crippen molar-refractivity contribution in [2.45, 2.75) is 13.8 Å². The van der Waals surface area contributed by atoms with Crippen LogP contribution in [0.3, 0.4) is 0 Å². The predicted molar refractivity (Wildman–Crippen MR) is 67.7 cm³/mol. The first-order chi connectivity index (χ1) is 8.22. The van der Waals surface area contributed by atoms with Crippen LogP contribution in [-0.2, 0) is 0 Å². The molecule has 0 aromatic heterocycles. The normalized spacial score (nSPS) is 9.35. The van der Waals surface area contributed by atoms with Crippen molar-refractivity contribution in [3.63, 3.8) is 0 Å². The summed E-state index contributed by atoms with van der Waals surface area (Å²) in [5.41, 5.74) is 1.38. The molecule has 0 aliphatic rings. The molecule has 3 heteroatoms. The second-order valence-electron chi connectivity index (χ2n) is 3.52. The smallest absolute Gasteiger partial charge is 0.253 e. The van der Waals surface area contributed by atoms with E-state index in [0.717, 1.165) is 5.56 Å². The van der Waals surface area contributed by atoms with E-state index in [1.165, 1.54) is 0 Å². The van der Waals surface area contributed by atoms with Crippen molar-refractivity contribution in [3.05, 3.63) is 35.4 Å². The van der Waals surface area contributed by atoms with Crippen molar-refractivity contribution >= 4 is 5.91 Å². The van der Waals surface area contributed by atoms with Gasteiger partial charge >= 0.3 is 0 Å². The maximum absolute atomic E-state index is 12.1. The van der Waals surface area contributed by atoms with Gasteiger partial charge in [-0.15, -0.1) is 0 Å². The number of amides is 1. The average Bonchev–Trinajstić information content (AvgIpc) is 2.38. The van der Waals surface area contributed by atoms with E-state index in [1.54, 1.807) is 23.1 Å². The summed E-state index contributed by atoms with van der Waals surface area (Å²) in [4.78, 5) is 13.8. The molecule has 0 saturated carbocycles. The molecule has 3 nitrogen and oxygen atoms in total. The highest BCUT2D eigenvalue weighted by Crippen LogP contribution is 2.07. The summed E-state index contributed by atoms with van der Waals surface area (Å²) in [6.07, 6.45) is 0. The second-order valence-corrected chi connectivity index (χ2v) is 3.52. The van der Waals surface area contributed by atoms with Gasteiger partial charge in [-0.2, -0.15) is 0 Å². The standard InChI is InChI=1S/C14H17NO2/c1-3-15(4-2)14(17)13-9-5-7-12(11-13)8-6-10-16/h5,7,9,11,16H,3-4,10H2,1-2H3. The van der Waals surface area contributed by atoms with Crippen LogP contribution in [0.2, 0.25) is 0 Å². The van der Waals surface area contributed by atoms with E-state index in [1.807, 2.05) is 19.9 Å². The largest absolute Gasteiger partial charge is 0.384 e. The van der Waals surface area contributed by atoms with Gasteiger partial charge in [-0.25, -0.2) is 0 Å². The number of benzene rings is 1. The number of aliphatic hydroxyl groups excluding tert-OH is 1. The van der Waals surface area contributed by atoms with Gasteiger partial charge in [-0.05, 0) is 32.0 Å². The van der Waals surface area contributed by atoms with E-state index in [0.29, 0.717) is 18.7 Å². The number of hydrogen-bond donors (Lipinski definition) is 1. The Kier molecular flexibility index (Phi) is 5.25. The van der Waals surface area contributed by atoms with E-state index < -0.39 is 0 Å². The van der Waals surface area contributed by atoms with E-state index in [9.17, 15) is 4.79 Å². The minimum Gasteiger partial charge on any atom is -0.384 e. The summed E-state index contributed by atoms with van der Waals surface area (Å²) in [7, 11) is 0. The molecule has 0 spiro atoms. The zero-order valence-corrected chi connectivity index (χ0v) is 10.2. The molecular formula is C14H17NO2. The van der Waals surface area contributed by atoms with Crippen LogP contribution in [0.4, 0.5) is 0 Å². The molecule has 17 heavy (non-hydrogen) atoms. The summed E-state index contributed by atoms with van der Waals surface area (Å²) in [6, 6.07) is 7.16. The minimum atomic E-state index is -0.172. The monoisotopic (exact) mass is 231 g/mol. The molecule has 1 aromatic rings. The van der Waals surface area contributed by atoms with Gasteiger partial charge in [0.25, 0.3) is 5.91 Å². The molecule has 0 fully saturated rings.